The number of nitrogens with zero attached hydrogens (tertiary/aromatic N) is 2. The van der Waals surface area contributed by atoms with Crippen LogP contribution in [0.1, 0.15) is 23.2 Å². The van der Waals surface area contributed by atoms with E-state index in [1.54, 1.807) is 24.3 Å². The van der Waals surface area contributed by atoms with E-state index in [-0.39, 0.29) is 11.7 Å². The second-order valence-corrected chi connectivity index (χ2v) is 4.51. The SMILES string of the molecule is O=C(CN1CCCC1)N/N=C/C(=O)c1ccccc1. The number of likely N-dealkylation sites (tertiary alicyclic amines) is 1. The number of hydrogen-bond acceptors (Lipinski definition) is 4. The van der Waals surface area contributed by atoms with Crippen LogP contribution in [-0.4, -0.2) is 42.4 Å². The fraction of sp³-hybridized carbons (Fsp3) is 0.357. The zero-order valence-corrected chi connectivity index (χ0v) is 10.7. The monoisotopic (exact) mass is 259 g/mol. The highest BCUT2D eigenvalue weighted by Crippen LogP contribution is 2.05. The van der Waals surface area contributed by atoms with E-state index in [0.717, 1.165) is 32.1 Å². The predicted octanol–water partition coefficient (Wildman–Crippen LogP) is 1.07. The summed E-state index contributed by atoms with van der Waals surface area (Å²) in [5.74, 6) is -0.402. The van der Waals surface area contributed by atoms with E-state index in [4.69, 9.17) is 0 Å². The number of carbonyl (C=O) groups is 2. The number of hydrogen-bond donors (Lipinski definition) is 1. The van der Waals surface area contributed by atoms with Crippen molar-refractivity contribution in [2.75, 3.05) is 19.6 Å². The lowest BCUT2D eigenvalue weighted by atomic mass is 10.1. The highest BCUT2D eigenvalue weighted by molar-refractivity contribution is 6.35. The minimum Gasteiger partial charge on any atom is -0.294 e. The summed E-state index contributed by atoms with van der Waals surface area (Å²) in [5, 5.41) is 3.69. The maximum Gasteiger partial charge on any atom is 0.254 e. The highest BCUT2D eigenvalue weighted by atomic mass is 16.2. The third-order valence-corrected chi connectivity index (χ3v) is 3.00. The van der Waals surface area contributed by atoms with Crippen LogP contribution in [0.5, 0.6) is 0 Å². The van der Waals surface area contributed by atoms with Gasteiger partial charge in [-0.05, 0) is 25.9 Å². The third-order valence-electron chi connectivity index (χ3n) is 3.00. The molecule has 1 saturated heterocycles. The Hall–Kier alpha value is -2.01. The first-order valence-electron chi connectivity index (χ1n) is 6.39. The number of ketones is 1. The van der Waals surface area contributed by atoms with Gasteiger partial charge < -0.3 is 0 Å². The van der Waals surface area contributed by atoms with Gasteiger partial charge in [0.1, 0.15) is 0 Å². The Labute approximate surface area is 112 Å². The van der Waals surface area contributed by atoms with Crippen LogP contribution in [0.25, 0.3) is 0 Å². The van der Waals surface area contributed by atoms with Crippen LogP contribution in [0.3, 0.4) is 0 Å². The average Bonchev–Trinajstić information content (AvgIpc) is 2.92. The molecule has 1 aliphatic heterocycles. The number of benzene rings is 1. The van der Waals surface area contributed by atoms with E-state index < -0.39 is 0 Å². The fourth-order valence-electron chi connectivity index (χ4n) is 2.02. The predicted molar refractivity (Wildman–Crippen MR) is 73.1 cm³/mol. The lowest BCUT2D eigenvalue weighted by Gasteiger charge is -2.11. The van der Waals surface area contributed by atoms with Gasteiger partial charge in [-0.1, -0.05) is 30.3 Å². The van der Waals surface area contributed by atoms with E-state index in [9.17, 15) is 9.59 Å². The summed E-state index contributed by atoms with van der Waals surface area (Å²) in [4.78, 5) is 25.3. The molecule has 1 aromatic carbocycles. The summed E-state index contributed by atoms with van der Waals surface area (Å²) in [5.41, 5.74) is 2.93. The van der Waals surface area contributed by atoms with Crippen LogP contribution in [0.4, 0.5) is 0 Å². The molecule has 0 atom stereocenters. The second-order valence-electron chi connectivity index (χ2n) is 4.51. The molecule has 19 heavy (non-hydrogen) atoms. The van der Waals surface area contributed by atoms with Crippen molar-refractivity contribution in [2.24, 2.45) is 5.10 Å². The Balaban J connectivity index is 1.76. The van der Waals surface area contributed by atoms with Crippen molar-refractivity contribution in [3.63, 3.8) is 0 Å². The Morgan fingerprint density at radius 1 is 1.21 bits per heavy atom. The van der Waals surface area contributed by atoms with Crippen LogP contribution in [-0.2, 0) is 4.79 Å². The Morgan fingerprint density at radius 2 is 1.89 bits per heavy atom. The van der Waals surface area contributed by atoms with Crippen LogP contribution in [0, 0.1) is 0 Å². The van der Waals surface area contributed by atoms with Gasteiger partial charge in [-0.25, -0.2) is 5.43 Å². The van der Waals surface area contributed by atoms with E-state index in [0.29, 0.717) is 12.1 Å². The third kappa shape index (κ3) is 4.30. The summed E-state index contributed by atoms with van der Waals surface area (Å²) in [6, 6.07) is 8.83. The van der Waals surface area contributed by atoms with Gasteiger partial charge >= 0.3 is 0 Å². The summed E-state index contributed by atoms with van der Waals surface area (Å²) >= 11 is 0. The normalized spacial score (nSPS) is 15.8. The number of Topliss-reactive ketones (excluding diaryl/α,β-unsaturated/α-hetero) is 1. The largest absolute Gasteiger partial charge is 0.294 e. The van der Waals surface area contributed by atoms with E-state index in [1.807, 2.05) is 6.07 Å². The number of nitrogens with one attached hydrogen (secondary N) is 1. The first-order valence-corrected chi connectivity index (χ1v) is 6.39. The molecule has 0 bridgehead atoms. The first kappa shape index (κ1) is 13.4. The number of hydrazone groups is 1. The van der Waals surface area contributed by atoms with Gasteiger partial charge in [-0.3, -0.25) is 14.5 Å². The van der Waals surface area contributed by atoms with Crippen LogP contribution in [0.15, 0.2) is 35.4 Å². The number of carbonyl (C=O) groups excluding carboxylic acids is 2. The van der Waals surface area contributed by atoms with Crippen molar-refractivity contribution in [1.29, 1.82) is 0 Å². The van der Waals surface area contributed by atoms with Gasteiger partial charge in [0.2, 0.25) is 5.78 Å². The summed E-state index contributed by atoms with van der Waals surface area (Å²) in [6.45, 7) is 2.26. The second kappa shape index (κ2) is 6.80. The van der Waals surface area contributed by atoms with E-state index >= 15 is 0 Å². The molecule has 1 N–H and O–H groups in total. The minimum atomic E-state index is -0.220. The molecule has 0 spiro atoms. The van der Waals surface area contributed by atoms with Gasteiger partial charge in [0.25, 0.3) is 5.91 Å². The molecule has 0 aromatic heterocycles. The Bertz CT molecular complexity index is 465. The molecule has 1 aromatic rings. The molecule has 1 fully saturated rings. The number of rotatable bonds is 5. The molecule has 0 radical (unpaired) electrons. The van der Waals surface area contributed by atoms with E-state index in [1.165, 1.54) is 0 Å². The lowest BCUT2D eigenvalue weighted by molar-refractivity contribution is -0.121. The molecular formula is C14H17N3O2. The topological polar surface area (TPSA) is 61.8 Å². The highest BCUT2D eigenvalue weighted by Gasteiger charge is 2.14. The molecular weight excluding hydrogens is 242 g/mol. The molecule has 1 amide bonds. The summed E-state index contributed by atoms with van der Waals surface area (Å²) in [7, 11) is 0. The maximum atomic E-state index is 11.7. The van der Waals surface area contributed by atoms with Gasteiger partial charge in [-0.2, -0.15) is 5.10 Å². The molecule has 2 rings (SSSR count). The maximum absolute atomic E-state index is 11.7. The van der Waals surface area contributed by atoms with Crippen molar-refractivity contribution in [2.45, 2.75) is 12.8 Å². The van der Waals surface area contributed by atoms with Gasteiger partial charge in [0.15, 0.2) is 0 Å². The van der Waals surface area contributed by atoms with Crippen LogP contribution in [0.2, 0.25) is 0 Å². The Kier molecular flexibility index (Phi) is 4.80. The molecule has 0 saturated carbocycles. The average molecular weight is 259 g/mol. The van der Waals surface area contributed by atoms with Crippen molar-refractivity contribution >= 4 is 17.9 Å². The van der Waals surface area contributed by atoms with Gasteiger partial charge in [0.05, 0.1) is 12.8 Å². The summed E-state index contributed by atoms with van der Waals surface area (Å²) in [6.07, 6.45) is 3.42. The summed E-state index contributed by atoms with van der Waals surface area (Å²) < 4.78 is 0. The molecule has 100 valence electrons. The molecule has 1 heterocycles. The zero-order valence-electron chi connectivity index (χ0n) is 10.7. The van der Waals surface area contributed by atoms with Crippen LogP contribution >= 0.6 is 0 Å². The molecule has 1 aliphatic rings. The van der Waals surface area contributed by atoms with Crippen molar-refractivity contribution in [3.05, 3.63) is 35.9 Å². The van der Waals surface area contributed by atoms with E-state index in [2.05, 4.69) is 15.4 Å². The number of amides is 1. The Morgan fingerprint density at radius 3 is 2.58 bits per heavy atom. The van der Waals surface area contributed by atoms with Gasteiger partial charge in [-0.15, -0.1) is 0 Å². The van der Waals surface area contributed by atoms with Crippen molar-refractivity contribution < 1.29 is 9.59 Å². The first-order chi connectivity index (χ1) is 9.25. The molecule has 5 heteroatoms. The fourth-order valence-corrected chi connectivity index (χ4v) is 2.02. The standard InChI is InChI=1S/C14H17N3O2/c18-13(12-6-2-1-3-7-12)10-15-16-14(19)11-17-8-4-5-9-17/h1-3,6-7,10H,4-5,8-9,11H2,(H,16,19)/b15-10+. The van der Waals surface area contributed by atoms with Crippen LogP contribution < -0.4 is 5.43 Å². The lowest BCUT2D eigenvalue weighted by Crippen LogP contribution is -2.33. The minimum absolute atomic E-state index is 0.181. The smallest absolute Gasteiger partial charge is 0.254 e. The van der Waals surface area contributed by atoms with Crippen molar-refractivity contribution in [1.82, 2.24) is 10.3 Å². The molecule has 0 aliphatic carbocycles. The molecule has 5 nitrogen and oxygen atoms in total. The van der Waals surface area contributed by atoms with Gasteiger partial charge in [0, 0.05) is 5.56 Å². The quantitative estimate of drug-likeness (QED) is 0.489. The van der Waals surface area contributed by atoms with Crippen molar-refractivity contribution in [3.8, 4) is 0 Å². The molecule has 0 unspecified atom stereocenters. The zero-order chi connectivity index (χ0) is 13.5.